The van der Waals surface area contributed by atoms with Crippen LogP contribution in [0, 0.1) is 20.5 Å². The van der Waals surface area contributed by atoms with Gasteiger partial charge in [-0.15, -0.1) is 20.5 Å². The van der Waals surface area contributed by atoms with Crippen molar-refractivity contribution in [1.82, 2.24) is 15.1 Å². The van der Waals surface area contributed by atoms with Gasteiger partial charge in [0.25, 0.3) is 0 Å². The molecule has 3 aliphatic rings. The number of carbonyl (C=O) groups excluding carboxylic acids is 1. The van der Waals surface area contributed by atoms with Crippen molar-refractivity contribution >= 4 is 12.0 Å². The van der Waals surface area contributed by atoms with Crippen LogP contribution in [0.3, 0.4) is 0 Å². The Hall–Kier alpha value is -2.07. The van der Waals surface area contributed by atoms with Gasteiger partial charge in [0.05, 0.1) is 6.54 Å². The number of halogens is 2. The van der Waals surface area contributed by atoms with E-state index < -0.39 is 20.5 Å². The van der Waals surface area contributed by atoms with Crippen LogP contribution in [0.5, 0.6) is 0 Å². The first-order chi connectivity index (χ1) is 22.3. The maximum Gasteiger partial charge on any atom is 0.196 e. The molecule has 0 saturated carbocycles. The van der Waals surface area contributed by atoms with Crippen LogP contribution in [-0.2, 0) is 50.9 Å². The van der Waals surface area contributed by atoms with Gasteiger partial charge < -0.3 is 10.8 Å². The molecule has 1 aliphatic carbocycles. The average Bonchev–Trinajstić information content (AvgIpc) is 3.63. The van der Waals surface area contributed by atoms with Crippen LogP contribution < -0.4 is 42.6 Å². The Morgan fingerprint density at radius 3 is 1.72 bits per heavy atom. The summed E-state index contributed by atoms with van der Waals surface area (Å²) in [6.07, 6.45) is 14.2. The molecule has 2 aliphatic heterocycles. The fraction of sp³-hybridized carbons (Fsp3) is 0.375. The Bertz CT molecular complexity index is 1350. The predicted octanol–water partition coefficient (Wildman–Crippen LogP) is -5.42. The van der Waals surface area contributed by atoms with Crippen molar-refractivity contribution in [1.29, 1.82) is 0 Å². The second-order valence-corrected chi connectivity index (χ2v) is 12.6. The topological polar surface area (TPSA) is 264 Å². The van der Waals surface area contributed by atoms with Crippen LogP contribution in [0.2, 0.25) is 0 Å². The fourth-order valence-corrected chi connectivity index (χ4v) is 5.65. The SMILES string of the molecule is O.O=C1C(C=NC[C@H]2CCCN2Cc2ccccc2)=CC=C/C1=C/NC[C@H]1CCCN1Cc1ccccc1.[Ni].[Ni].[O-][Cl+3]([O-])([O-])[O-].[O-][Cl+3]([O-])([O-])[O-]. The smallest absolute Gasteiger partial charge is 0.196 e. The Kier molecular flexibility index (Phi) is 23.2. The summed E-state index contributed by atoms with van der Waals surface area (Å²) < 4.78 is 67.9. The molecule has 2 aromatic rings. The minimum Gasteiger partial charge on any atom is -0.412 e. The van der Waals surface area contributed by atoms with E-state index in [9.17, 15) is 4.79 Å². The number of allylic oxidation sites excluding steroid dienone is 5. The molecule has 0 amide bonds. The molecule has 18 heteroatoms. The van der Waals surface area contributed by atoms with E-state index in [1.54, 1.807) is 6.21 Å². The summed E-state index contributed by atoms with van der Waals surface area (Å²) in [5.41, 5.74) is 4.06. The monoisotopic (exact) mass is 826 g/mol. The second-order valence-electron chi connectivity index (χ2n) is 11.1. The van der Waals surface area contributed by atoms with Crippen LogP contribution in [0.4, 0.5) is 0 Å². The second kappa shape index (κ2) is 24.2. The zero-order valence-corrected chi connectivity index (χ0v) is 30.3. The van der Waals surface area contributed by atoms with Gasteiger partial charge in [0.1, 0.15) is 0 Å². The number of ketones is 1. The van der Waals surface area contributed by atoms with Crippen molar-refractivity contribution in [3.63, 3.8) is 0 Å². The Balaban J connectivity index is 0.00000163. The number of hydrogen-bond acceptors (Lipinski definition) is 13. The summed E-state index contributed by atoms with van der Waals surface area (Å²) >= 11 is 0. The van der Waals surface area contributed by atoms with Gasteiger partial charge in [0.2, 0.25) is 0 Å². The molecule has 3 N–H and O–H groups in total. The predicted molar refractivity (Wildman–Crippen MR) is 155 cm³/mol. The molecule has 0 bridgehead atoms. The van der Waals surface area contributed by atoms with Gasteiger partial charge >= 0.3 is 0 Å². The fourth-order valence-electron chi connectivity index (χ4n) is 5.65. The van der Waals surface area contributed by atoms with Crippen molar-refractivity contribution in [2.45, 2.75) is 50.9 Å². The molecule has 284 valence electrons. The van der Waals surface area contributed by atoms with Gasteiger partial charge in [0.15, 0.2) is 5.78 Å². The number of carbonyl (C=O) groups is 1. The van der Waals surface area contributed by atoms with Gasteiger partial charge in [-0.2, -0.15) is 0 Å². The number of likely N-dealkylation sites (tertiary alicyclic amines) is 2. The van der Waals surface area contributed by atoms with Crippen LogP contribution in [-0.4, -0.2) is 65.5 Å². The van der Waals surface area contributed by atoms with Crippen LogP contribution in [0.25, 0.3) is 0 Å². The van der Waals surface area contributed by atoms with Crippen molar-refractivity contribution in [3.05, 3.63) is 107 Å². The number of nitrogens with zero attached hydrogens (tertiary/aromatic N) is 3. The summed E-state index contributed by atoms with van der Waals surface area (Å²) in [4.78, 5) is 22.8. The zero-order valence-electron chi connectivity index (χ0n) is 26.8. The first-order valence-corrected chi connectivity index (χ1v) is 17.4. The van der Waals surface area contributed by atoms with Crippen LogP contribution >= 0.6 is 0 Å². The molecule has 14 nitrogen and oxygen atoms in total. The first-order valence-electron chi connectivity index (χ1n) is 14.9. The molecular formula is C32H40Cl2N4Ni2O10-2. The van der Waals surface area contributed by atoms with E-state index in [4.69, 9.17) is 42.3 Å². The van der Waals surface area contributed by atoms with Crippen LogP contribution in [0.1, 0.15) is 36.8 Å². The van der Waals surface area contributed by atoms with E-state index in [0.717, 1.165) is 45.7 Å². The summed E-state index contributed by atoms with van der Waals surface area (Å²) in [5, 5.41) is 3.44. The zero-order chi connectivity index (χ0) is 34.3. The molecule has 0 spiro atoms. The van der Waals surface area contributed by atoms with E-state index in [0.29, 0.717) is 23.2 Å². The third-order valence-corrected chi connectivity index (χ3v) is 7.69. The van der Waals surface area contributed by atoms with E-state index >= 15 is 0 Å². The largest absolute Gasteiger partial charge is 0.412 e. The Morgan fingerprint density at radius 1 is 0.760 bits per heavy atom. The maximum absolute atomic E-state index is 13.1. The van der Waals surface area contributed by atoms with Gasteiger partial charge in [-0.1, -0.05) is 66.7 Å². The molecule has 50 heavy (non-hydrogen) atoms. The molecule has 2 atom stereocenters. The molecule has 2 heterocycles. The van der Waals surface area contributed by atoms with Gasteiger partial charge in [-0.3, -0.25) is 19.6 Å². The molecule has 2 fully saturated rings. The van der Waals surface area contributed by atoms with E-state index in [-0.39, 0.29) is 44.2 Å². The van der Waals surface area contributed by atoms with E-state index in [1.807, 2.05) is 24.4 Å². The number of Topliss-reactive ketones (excluding diaryl/α,β-unsaturated/α-hetero) is 1. The van der Waals surface area contributed by atoms with Crippen molar-refractivity contribution in [2.75, 3.05) is 26.2 Å². The third kappa shape index (κ3) is 20.1. The van der Waals surface area contributed by atoms with E-state index in [1.165, 1.54) is 30.4 Å². The third-order valence-electron chi connectivity index (χ3n) is 7.69. The summed E-state index contributed by atoms with van der Waals surface area (Å²) in [6.45, 7) is 5.77. The summed E-state index contributed by atoms with van der Waals surface area (Å²) in [5.74, 6) is 0.0406. The van der Waals surface area contributed by atoms with Crippen molar-refractivity contribution in [2.24, 2.45) is 4.99 Å². The van der Waals surface area contributed by atoms with Gasteiger partial charge in [0, 0.05) is 88.3 Å². The molecule has 0 unspecified atom stereocenters. The van der Waals surface area contributed by atoms with Crippen molar-refractivity contribution < 1.29 is 101 Å². The Morgan fingerprint density at radius 2 is 1.22 bits per heavy atom. The maximum atomic E-state index is 13.1. The van der Waals surface area contributed by atoms with Crippen LogP contribution in [0.15, 0.2) is 101 Å². The minimum atomic E-state index is -4.94. The number of rotatable bonds is 10. The molecule has 0 aromatic heterocycles. The Labute approximate surface area is 316 Å². The van der Waals surface area contributed by atoms with Crippen molar-refractivity contribution in [3.8, 4) is 0 Å². The minimum absolute atomic E-state index is 0. The molecular weight excluding hydrogens is 789 g/mol. The number of nitrogens with one attached hydrogen (secondary N) is 1. The van der Waals surface area contributed by atoms with E-state index in [2.05, 4.69) is 75.8 Å². The normalized spacial score (nSPS) is 20.0. The average molecular weight is 829 g/mol. The standard InChI is InChI=1S/C32H38N4O.2ClHO4.2Ni.H2O/c37-32-28(20-33-22-30-16-8-18-35(30)24-26-10-3-1-4-11-26)14-7-15-29(32)21-34-23-31-17-9-19-36(31)25-27-12-5-2-6-13-27;2*2-1(3,4)5;;;/h1-7,10-15,20-21,30-31,33H,8-9,16-19,22-25H2;2*(H,2,3,4,5);;;1H2/p-2/b28-20-,34-21?;;;;;/t30-,31-;;;;;/m1...../s1. The summed E-state index contributed by atoms with van der Waals surface area (Å²) in [6, 6.07) is 22.2. The summed E-state index contributed by atoms with van der Waals surface area (Å²) in [7, 11) is -9.89. The number of benzene rings is 2. The molecule has 2 aromatic carbocycles. The molecule has 0 radical (unpaired) electrons. The number of aliphatic imine (C=N–C) groups is 1. The number of hydrogen-bond donors (Lipinski definition) is 1. The quantitative estimate of drug-likeness (QED) is 0.134. The van der Waals surface area contributed by atoms with Gasteiger partial charge in [-0.25, -0.2) is 37.3 Å². The molecule has 2 saturated heterocycles. The first kappa shape index (κ1) is 47.9. The van der Waals surface area contributed by atoms with Gasteiger partial charge in [-0.05, 0) is 62.1 Å². The molecule has 5 rings (SSSR count).